The van der Waals surface area contributed by atoms with E-state index in [1.807, 2.05) is 11.6 Å². The molecule has 1 aromatic carbocycles. The average Bonchev–Trinajstić information content (AvgIpc) is 3.05. The molecule has 0 radical (unpaired) electrons. The zero-order valence-corrected chi connectivity index (χ0v) is 15.8. The number of hydrogen-bond donors (Lipinski definition) is 1. The lowest BCUT2D eigenvalue weighted by Crippen LogP contribution is -2.27. The molecule has 1 N–H and O–H groups in total. The van der Waals surface area contributed by atoms with Crippen molar-refractivity contribution in [3.05, 3.63) is 59.9 Å². The Bertz CT molecular complexity index is 1020. The van der Waals surface area contributed by atoms with Gasteiger partial charge in [0.05, 0.1) is 17.0 Å². The van der Waals surface area contributed by atoms with Crippen LogP contribution in [0.4, 0.5) is 17.6 Å². The van der Waals surface area contributed by atoms with E-state index >= 15 is 0 Å². The Morgan fingerprint density at radius 3 is 2.52 bits per heavy atom. The van der Waals surface area contributed by atoms with Gasteiger partial charge in [-0.3, -0.25) is 0 Å². The van der Waals surface area contributed by atoms with Crippen molar-refractivity contribution in [1.29, 1.82) is 0 Å². The third kappa shape index (κ3) is 3.89. The Balaban J connectivity index is 1.90. The minimum absolute atomic E-state index is 0.186. The van der Waals surface area contributed by atoms with Crippen molar-refractivity contribution in [2.75, 3.05) is 13.1 Å². The molecule has 0 aliphatic carbocycles. The maximum atomic E-state index is 13.8. The molecular weight excluding hydrogens is 384 g/mol. The number of aromatic nitrogens is 3. The summed E-state index contributed by atoms with van der Waals surface area (Å²) < 4.78 is 55.4. The zero-order valence-electron chi connectivity index (χ0n) is 15.8. The average molecular weight is 404 g/mol. The highest BCUT2D eigenvalue weighted by Crippen LogP contribution is 2.38. The number of hydrogen-bond acceptors (Lipinski definition) is 3. The van der Waals surface area contributed by atoms with Gasteiger partial charge in [0.25, 0.3) is 0 Å². The second kappa shape index (κ2) is 7.59. The fourth-order valence-electron chi connectivity index (χ4n) is 3.89. The van der Waals surface area contributed by atoms with Gasteiger partial charge in [0, 0.05) is 36.4 Å². The van der Waals surface area contributed by atoms with Crippen molar-refractivity contribution >= 4 is 0 Å². The number of rotatable bonds is 3. The number of nitrogens with one attached hydrogen (secondary N) is 1. The van der Waals surface area contributed by atoms with Crippen LogP contribution >= 0.6 is 0 Å². The van der Waals surface area contributed by atoms with Crippen LogP contribution in [0.15, 0.2) is 42.6 Å². The van der Waals surface area contributed by atoms with Crippen LogP contribution < -0.4 is 5.32 Å². The first-order valence-electron chi connectivity index (χ1n) is 9.41. The Hall–Kier alpha value is -2.74. The molecule has 0 unspecified atom stereocenters. The van der Waals surface area contributed by atoms with E-state index in [9.17, 15) is 17.6 Å². The number of alkyl halides is 3. The second-order valence-electron chi connectivity index (χ2n) is 7.20. The molecule has 0 spiro atoms. The number of benzene rings is 1. The minimum Gasteiger partial charge on any atom is -0.330 e. The third-order valence-electron chi connectivity index (χ3n) is 5.30. The van der Waals surface area contributed by atoms with Gasteiger partial charge in [-0.25, -0.2) is 9.97 Å². The topological polar surface area (TPSA) is 42.7 Å². The molecule has 1 aliphatic heterocycles. The Morgan fingerprint density at radius 2 is 1.83 bits per heavy atom. The highest BCUT2D eigenvalue weighted by atomic mass is 19.4. The van der Waals surface area contributed by atoms with E-state index in [0.29, 0.717) is 22.5 Å². The van der Waals surface area contributed by atoms with Crippen molar-refractivity contribution in [3.8, 4) is 22.5 Å². The van der Waals surface area contributed by atoms with E-state index in [-0.39, 0.29) is 5.92 Å². The summed E-state index contributed by atoms with van der Waals surface area (Å²) in [5.74, 6) is 0.333. The maximum Gasteiger partial charge on any atom is 0.416 e. The van der Waals surface area contributed by atoms with Crippen LogP contribution in [-0.4, -0.2) is 27.6 Å². The first-order valence-corrected chi connectivity index (χ1v) is 9.41. The van der Waals surface area contributed by atoms with Crippen LogP contribution in [0, 0.1) is 5.95 Å². The van der Waals surface area contributed by atoms with Gasteiger partial charge in [-0.15, -0.1) is 0 Å². The number of piperidine rings is 1. The summed E-state index contributed by atoms with van der Waals surface area (Å²) in [7, 11) is 1.83. The molecule has 1 fully saturated rings. The molecule has 3 heterocycles. The Labute approximate surface area is 165 Å². The van der Waals surface area contributed by atoms with Gasteiger partial charge in [-0.1, -0.05) is 12.1 Å². The zero-order chi connectivity index (χ0) is 20.6. The van der Waals surface area contributed by atoms with Gasteiger partial charge in [0.15, 0.2) is 0 Å². The predicted molar refractivity (Wildman–Crippen MR) is 102 cm³/mol. The number of pyridine rings is 1. The van der Waals surface area contributed by atoms with E-state index in [1.54, 1.807) is 12.1 Å². The van der Waals surface area contributed by atoms with Crippen molar-refractivity contribution < 1.29 is 17.6 Å². The first-order chi connectivity index (χ1) is 13.8. The SMILES string of the molecule is Cn1c(C2CCNCC2)nc(-c2cccc(C(F)(F)F)c2)c1-c1ccnc(F)c1. The van der Waals surface area contributed by atoms with E-state index in [4.69, 9.17) is 4.98 Å². The van der Waals surface area contributed by atoms with E-state index in [2.05, 4.69) is 10.3 Å². The van der Waals surface area contributed by atoms with E-state index in [0.717, 1.165) is 43.9 Å². The molecule has 4 nitrogen and oxygen atoms in total. The summed E-state index contributed by atoms with van der Waals surface area (Å²) in [5, 5.41) is 3.30. The van der Waals surface area contributed by atoms with Crippen molar-refractivity contribution in [1.82, 2.24) is 19.9 Å². The third-order valence-corrected chi connectivity index (χ3v) is 5.30. The molecule has 8 heteroatoms. The van der Waals surface area contributed by atoms with Gasteiger partial charge in [0.2, 0.25) is 5.95 Å². The van der Waals surface area contributed by atoms with Gasteiger partial charge in [0.1, 0.15) is 5.82 Å². The molecule has 0 bridgehead atoms. The summed E-state index contributed by atoms with van der Waals surface area (Å²) in [6.45, 7) is 1.71. The Morgan fingerprint density at radius 1 is 1.07 bits per heavy atom. The van der Waals surface area contributed by atoms with Crippen molar-refractivity contribution in [2.24, 2.45) is 7.05 Å². The molecule has 152 valence electrons. The summed E-state index contributed by atoms with van der Waals surface area (Å²) in [4.78, 5) is 8.34. The first kappa shape index (κ1) is 19.6. The molecule has 4 rings (SSSR count). The fourth-order valence-corrected chi connectivity index (χ4v) is 3.89. The smallest absolute Gasteiger partial charge is 0.330 e. The van der Waals surface area contributed by atoms with Crippen LogP contribution in [0.25, 0.3) is 22.5 Å². The van der Waals surface area contributed by atoms with Crippen molar-refractivity contribution in [2.45, 2.75) is 24.9 Å². The van der Waals surface area contributed by atoms with Crippen LogP contribution in [0.5, 0.6) is 0 Å². The maximum absolute atomic E-state index is 13.8. The lowest BCUT2D eigenvalue weighted by Gasteiger charge is -2.22. The molecule has 1 saturated heterocycles. The molecule has 29 heavy (non-hydrogen) atoms. The number of imidazole rings is 1. The standard InChI is InChI=1S/C21H20F4N4/c1-29-19(15-7-10-27-17(22)12-15)18(28-20(29)13-5-8-26-9-6-13)14-3-2-4-16(11-14)21(23,24)25/h2-4,7,10-13,26H,5-6,8-9H2,1H3. The fraction of sp³-hybridized carbons (Fsp3) is 0.333. The molecule has 0 amide bonds. The highest BCUT2D eigenvalue weighted by Gasteiger charge is 2.31. The predicted octanol–water partition coefficient (Wildman–Crippen LogP) is 4.77. The van der Waals surface area contributed by atoms with Gasteiger partial charge in [-0.05, 0) is 44.1 Å². The molecular formula is C21H20F4N4. The summed E-state index contributed by atoms with van der Waals surface area (Å²) in [6.07, 6.45) is -1.34. The van der Waals surface area contributed by atoms with Gasteiger partial charge < -0.3 is 9.88 Å². The molecule has 2 aromatic heterocycles. The highest BCUT2D eigenvalue weighted by molar-refractivity contribution is 5.79. The van der Waals surface area contributed by atoms with Crippen LogP contribution in [0.3, 0.4) is 0 Å². The second-order valence-corrected chi connectivity index (χ2v) is 7.20. The van der Waals surface area contributed by atoms with Gasteiger partial charge >= 0.3 is 6.18 Å². The lowest BCUT2D eigenvalue weighted by molar-refractivity contribution is -0.137. The summed E-state index contributed by atoms with van der Waals surface area (Å²) >= 11 is 0. The summed E-state index contributed by atoms with van der Waals surface area (Å²) in [5.41, 5.74) is 1.13. The van der Waals surface area contributed by atoms with Crippen LogP contribution in [0.2, 0.25) is 0 Å². The monoisotopic (exact) mass is 404 g/mol. The molecule has 0 atom stereocenters. The van der Waals surface area contributed by atoms with Gasteiger partial charge in [-0.2, -0.15) is 17.6 Å². The van der Waals surface area contributed by atoms with E-state index < -0.39 is 17.7 Å². The van der Waals surface area contributed by atoms with E-state index in [1.165, 1.54) is 18.3 Å². The lowest BCUT2D eigenvalue weighted by atomic mass is 9.97. The molecule has 3 aromatic rings. The van der Waals surface area contributed by atoms with Crippen LogP contribution in [0.1, 0.15) is 30.1 Å². The number of nitrogens with zero attached hydrogens (tertiary/aromatic N) is 3. The quantitative estimate of drug-likeness (QED) is 0.505. The number of halogens is 4. The largest absolute Gasteiger partial charge is 0.416 e. The normalized spacial score (nSPS) is 15.6. The van der Waals surface area contributed by atoms with Crippen molar-refractivity contribution in [3.63, 3.8) is 0 Å². The minimum atomic E-state index is -4.45. The Kier molecular flexibility index (Phi) is 5.12. The van der Waals surface area contributed by atoms with Crippen LogP contribution in [-0.2, 0) is 13.2 Å². The molecule has 1 aliphatic rings. The molecule has 0 saturated carbocycles. The summed E-state index contributed by atoms with van der Waals surface area (Å²) in [6, 6.07) is 8.02.